The second-order valence-electron chi connectivity index (χ2n) is 12.1. The fourth-order valence-electron chi connectivity index (χ4n) is 6.05. The molecule has 1 N–H and O–H groups in total. The van der Waals surface area contributed by atoms with Crippen molar-refractivity contribution in [2.24, 2.45) is 5.16 Å². The van der Waals surface area contributed by atoms with Crippen LogP contribution in [0.5, 0.6) is 0 Å². The zero-order valence-electron chi connectivity index (χ0n) is 25.8. The van der Waals surface area contributed by atoms with Crippen LogP contribution in [0.4, 0.5) is 26.3 Å². The molecule has 2 saturated heterocycles. The number of H-pyrrole nitrogens is 1. The molecule has 250 valence electrons. The Kier molecular flexibility index (Phi) is 10.3. The quantitative estimate of drug-likeness (QED) is 0.149. The highest BCUT2D eigenvalue weighted by atomic mass is 19.4. The topological polar surface area (TPSA) is 67.4 Å². The van der Waals surface area contributed by atoms with Crippen LogP contribution >= 0.6 is 0 Å². The van der Waals surface area contributed by atoms with Crippen molar-refractivity contribution >= 4 is 22.5 Å². The molecule has 2 aromatic carbocycles. The number of hydrogen-bond acceptors (Lipinski definition) is 6. The number of benzene rings is 2. The Morgan fingerprint density at radius 2 is 1.59 bits per heavy atom. The van der Waals surface area contributed by atoms with E-state index in [9.17, 15) is 31.1 Å². The fourth-order valence-corrected chi connectivity index (χ4v) is 6.05. The van der Waals surface area contributed by atoms with Gasteiger partial charge in [-0.15, -0.1) is 0 Å². The molecule has 14 heteroatoms. The predicted octanol–water partition coefficient (Wildman–Crippen LogP) is 5.21. The fraction of sp³-hybridized carbons (Fsp3) is 0.500. The van der Waals surface area contributed by atoms with Crippen molar-refractivity contribution in [2.45, 2.75) is 31.7 Å². The number of likely N-dealkylation sites (N-methyl/N-ethyl adjacent to an activating group) is 1. The van der Waals surface area contributed by atoms with Gasteiger partial charge in [0.1, 0.15) is 6.61 Å². The molecule has 1 aromatic heterocycles. The summed E-state index contributed by atoms with van der Waals surface area (Å²) in [6.45, 7) is 8.25. The van der Waals surface area contributed by atoms with Crippen molar-refractivity contribution in [3.05, 3.63) is 70.9 Å². The summed E-state index contributed by atoms with van der Waals surface area (Å²) >= 11 is 0. The van der Waals surface area contributed by atoms with Gasteiger partial charge in [-0.3, -0.25) is 14.6 Å². The number of nitrogens with zero attached hydrogens (tertiary/aromatic N) is 5. The summed E-state index contributed by atoms with van der Waals surface area (Å²) in [5.74, 6) is -0.876. The first-order valence-electron chi connectivity index (χ1n) is 15.2. The second-order valence-corrected chi connectivity index (χ2v) is 12.1. The largest absolute Gasteiger partial charge is 0.416 e. The third-order valence-corrected chi connectivity index (χ3v) is 8.56. The van der Waals surface area contributed by atoms with Gasteiger partial charge in [0.25, 0.3) is 5.91 Å². The van der Waals surface area contributed by atoms with E-state index >= 15 is 0 Å². The van der Waals surface area contributed by atoms with Gasteiger partial charge >= 0.3 is 12.4 Å². The molecule has 3 aromatic rings. The molecule has 0 saturated carbocycles. The normalized spacial score (nSPS) is 19.6. The summed E-state index contributed by atoms with van der Waals surface area (Å²) in [6.07, 6.45) is -7.95. The standard InChI is InChI=1S/C32H38F6N6O2/c1-22(40-46-14-13-42-9-7-41(2)8-10-42)20-43-11-12-44(27(21-43)17-24-19-39-29-6-4-3-5-28(24)29)30(45)23-15-25(31(33,34)35)18-26(16-23)32(36,37)38/h3-6,15-16,18-19,27,39H,7-14,17,20-21H2,1-2H3/b40-22-/t27-/m1/s1. The molecule has 2 aliphatic rings. The van der Waals surface area contributed by atoms with Crippen LogP contribution in [0.2, 0.25) is 0 Å². The Balaban J connectivity index is 1.32. The van der Waals surface area contributed by atoms with Gasteiger partial charge in [-0.2, -0.15) is 26.3 Å². The minimum Gasteiger partial charge on any atom is -0.394 e. The number of para-hydroxylation sites is 1. The Hall–Kier alpha value is -3.62. The lowest BCUT2D eigenvalue weighted by atomic mass is 9.98. The molecule has 0 unspecified atom stereocenters. The molecule has 2 aliphatic heterocycles. The minimum atomic E-state index is -5.05. The molecule has 3 heterocycles. The number of piperazine rings is 2. The lowest BCUT2D eigenvalue weighted by molar-refractivity contribution is -0.143. The van der Waals surface area contributed by atoms with Crippen molar-refractivity contribution in [2.75, 3.05) is 72.6 Å². The van der Waals surface area contributed by atoms with E-state index in [1.54, 1.807) is 0 Å². The van der Waals surface area contributed by atoms with Gasteiger partial charge < -0.3 is 19.6 Å². The third kappa shape index (κ3) is 8.39. The number of nitrogens with one attached hydrogen (secondary N) is 1. The summed E-state index contributed by atoms with van der Waals surface area (Å²) in [6, 6.07) is 8.09. The van der Waals surface area contributed by atoms with Crippen molar-refractivity contribution in [1.29, 1.82) is 0 Å². The number of carbonyl (C=O) groups excluding carboxylic acids is 1. The highest BCUT2D eigenvalue weighted by Crippen LogP contribution is 2.37. The van der Waals surface area contributed by atoms with E-state index in [0.29, 0.717) is 44.8 Å². The number of aromatic amines is 1. The molecule has 1 atom stereocenters. The Morgan fingerprint density at radius 3 is 2.26 bits per heavy atom. The molecule has 0 spiro atoms. The maximum Gasteiger partial charge on any atom is 0.416 e. The Morgan fingerprint density at radius 1 is 0.935 bits per heavy atom. The molecule has 46 heavy (non-hydrogen) atoms. The zero-order chi connectivity index (χ0) is 33.1. The number of oxime groups is 1. The second kappa shape index (κ2) is 14.0. The Labute approximate surface area is 263 Å². The van der Waals surface area contributed by atoms with Crippen LogP contribution in [0.3, 0.4) is 0 Å². The van der Waals surface area contributed by atoms with E-state index in [0.717, 1.165) is 54.9 Å². The number of halogens is 6. The number of hydrogen-bond donors (Lipinski definition) is 1. The molecule has 8 nitrogen and oxygen atoms in total. The number of alkyl halides is 6. The summed E-state index contributed by atoms with van der Waals surface area (Å²) < 4.78 is 81.5. The molecule has 0 bridgehead atoms. The number of aromatic nitrogens is 1. The van der Waals surface area contributed by atoms with Gasteiger partial charge in [0.2, 0.25) is 0 Å². The van der Waals surface area contributed by atoms with Crippen molar-refractivity contribution < 1.29 is 36.0 Å². The van der Waals surface area contributed by atoms with Gasteiger partial charge in [-0.25, -0.2) is 0 Å². The Bertz CT molecular complexity index is 1500. The van der Waals surface area contributed by atoms with Crippen molar-refractivity contribution in [3.63, 3.8) is 0 Å². The van der Waals surface area contributed by atoms with Crippen LogP contribution < -0.4 is 0 Å². The van der Waals surface area contributed by atoms with E-state index in [1.165, 1.54) is 4.90 Å². The number of carbonyl (C=O) groups is 1. The number of amides is 1. The van der Waals surface area contributed by atoms with Crippen LogP contribution in [-0.2, 0) is 23.6 Å². The first-order valence-corrected chi connectivity index (χ1v) is 15.2. The molecular weight excluding hydrogens is 614 g/mol. The molecule has 1 amide bonds. The molecule has 0 aliphatic carbocycles. The molecule has 5 rings (SSSR count). The minimum absolute atomic E-state index is 0.0352. The van der Waals surface area contributed by atoms with Gasteiger partial charge in [0.05, 0.1) is 16.8 Å². The zero-order valence-corrected chi connectivity index (χ0v) is 25.8. The van der Waals surface area contributed by atoms with Gasteiger partial charge in [0, 0.05) is 87.6 Å². The third-order valence-electron chi connectivity index (χ3n) is 8.56. The van der Waals surface area contributed by atoms with E-state index in [4.69, 9.17) is 4.84 Å². The van der Waals surface area contributed by atoms with Crippen LogP contribution in [-0.4, -0.2) is 115 Å². The van der Waals surface area contributed by atoms with Crippen molar-refractivity contribution in [3.8, 4) is 0 Å². The van der Waals surface area contributed by atoms with Crippen LogP contribution in [0.25, 0.3) is 10.9 Å². The van der Waals surface area contributed by atoms with E-state index in [1.807, 2.05) is 37.4 Å². The van der Waals surface area contributed by atoms with Crippen LogP contribution in [0.1, 0.15) is 34.0 Å². The number of rotatable bonds is 9. The molecular formula is C32H38F6N6O2. The van der Waals surface area contributed by atoms with Gasteiger partial charge in [0.15, 0.2) is 0 Å². The summed E-state index contributed by atoms with van der Waals surface area (Å²) in [5.41, 5.74) is -1.19. The summed E-state index contributed by atoms with van der Waals surface area (Å²) in [5, 5.41) is 5.19. The van der Waals surface area contributed by atoms with Crippen LogP contribution in [0, 0.1) is 0 Å². The molecule has 0 radical (unpaired) electrons. The maximum atomic E-state index is 13.7. The highest BCUT2D eigenvalue weighted by molar-refractivity contribution is 5.95. The lowest BCUT2D eigenvalue weighted by Gasteiger charge is -2.41. The summed E-state index contributed by atoms with van der Waals surface area (Å²) in [4.78, 5) is 30.6. The summed E-state index contributed by atoms with van der Waals surface area (Å²) in [7, 11) is 2.09. The average Bonchev–Trinajstić information content (AvgIpc) is 3.41. The smallest absolute Gasteiger partial charge is 0.394 e. The van der Waals surface area contributed by atoms with E-state index in [2.05, 4.69) is 31.9 Å². The maximum absolute atomic E-state index is 13.7. The average molecular weight is 653 g/mol. The highest BCUT2D eigenvalue weighted by Gasteiger charge is 2.39. The van der Waals surface area contributed by atoms with Crippen molar-refractivity contribution in [1.82, 2.24) is 24.6 Å². The first-order chi connectivity index (χ1) is 21.8. The van der Waals surface area contributed by atoms with Gasteiger partial charge in [-0.05, 0) is 50.2 Å². The first kappa shape index (κ1) is 33.7. The monoisotopic (exact) mass is 652 g/mol. The van der Waals surface area contributed by atoms with Crippen LogP contribution in [0.15, 0.2) is 53.8 Å². The SMILES string of the molecule is C/C(CN1CCN(C(=O)c2cc(C(F)(F)F)cc(C(F)(F)F)c2)[C@H](Cc2c[nH]c3ccccc23)C1)=N/OCCN1CCN(C)CC1. The predicted molar refractivity (Wildman–Crippen MR) is 163 cm³/mol. The van der Waals surface area contributed by atoms with Gasteiger partial charge in [-0.1, -0.05) is 23.4 Å². The van der Waals surface area contributed by atoms with E-state index in [-0.39, 0.29) is 12.6 Å². The molecule has 2 fully saturated rings. The lowest BCUT2D eigenvalue weighted by Crippen LogP contribution is -2.56. The van der Waals surface area contributed by atoms with E-state index < -0.39 is 41.0 Å². The number of fused-ring (bicyclic) bond motifs is 1.